The Balaban J connectivity index is 1.55. The van der Waals surface area contributed by atoms with Crippen molar-refractivity contribution in [2.45, 2.75) is 24.4 Å². The van der Waals surface area contributed by atoms with Gasteiger partial charge in [-0.3, -0.25) is 14.7 Å². The molecule has 0 saturated heterocycles. The summed E-state index contributed by atoms with van der Waals surface area (Å²) >= 11 is 1.04. The summed E-state index contributed by atoms with van der Waals surface area (Å²) in [6, 6.07) is 9.66. The number of Topliss-reactive ketones (excluding diaryl/α,β-unsaturated/α-hetero) is 1. The first-order valence-corrected chi connectivity index (χ1v) is 9.08. The monoisotopic (exact) mass is 369 g/mol. The average Bonchev–Trinajstić information content (AvgIpc) is 3.28. The van der Waals surface area contributed by atoms with Crippen LogP contribution in [-0.2, 0) is 22.4 Å². The number of nitrogens with one attached hydrogen (secondary N) is 1. The molecule has 0 radical (unpaired) electrons. The largest absolute Gasteiger partial charge is 0.481 e. The number of benzene rings is 1. The Hall–Kier alpha value is -2.87. The van der Waals surface area contributed by atoms with Gasteiger partial charge >= 0.3 is 5.97 Å². The summed E-state index contributed by atoms with van der Waals surface area (Å²) in [5.41, 5.74) is 3.23. The average molecular weight is 369 g/mol. The molecule has 7 nitrogen and oxygen atoms in total. The number of furan rings is 1. The van der Waals surface area contributed by atoms with Crippen LogP contribution in [0.15, 0.2) is 39.9 Å². The summed E-state index contributed by atoms with van der Waals surface area (Å²) in [7, 11) is 0. The zero-order chi connectivity index (χ0) is 18.1. The van der Waals surface area contributed by atoms with Gasteiger partial charge in [-0.15, -0.1) is 5.10 Å². The molecule has 1 aromatic carbocycles. The molecule has 132 valence electrons. The zero-order valence-corrected chi connectivity index (χ0v) is 14.5. The van der Waals surface area contributed by atoms with Crippen LogP contribution in [0.4, 0.5) is 0 Å². The molecule has 1 aliphatic carbocycles. The Morgan fingerprint density at radius 2 is 2.04 bits per heavy atom. The van der Waals surface area contributed by atoms with Crippen LogP contribution < -0.4 is 0 Å². The predicted octanol–water partition coefficient (Wildman–Crippen LogP) is 2.97. The third-order valence-corrected chi connectivity index (χ3v) is 5.01. The molecule has 3 aromatic rings. The third kappa shape index (κ3) is 3.41. The second-order valence-electron chi connectivity index (χ2n) is 6.01. The topological polar surface area (TPSA) is 109 Å². The number of ketones is 1. The number of H-pyrrole nitrogens is 1. The van der Waals surface area contributed by atoms with Crippen molar-refractivity contribution in [2.24, 2.45) is 0 Å². The second-order valence-corrected chi connectivity index (χ2v) is 6.95. The van der Waals surface area contributed by atoms with Gasteiger partial charge in [-0.2, -0.15) is 4.98 Å². The van der Waals surface area contributed by atoms with Crippen molar-refractivity contribution in [3.05, 3.63) is 41.5 Å². The standard InChI is InChI=1S/C18H15N3O4S/c22-13-4-3-10-7-12(2-1-11(10)8-13)14-5-6-15(25-14)17-19-18(21-20-17)26-9-16(23)24/h1-2,5-7H,3-4,8-9H2,(H,23,24)(H,19,20,21). The van der Waals surface area contributed by atoms with Crippen molar-refractivity contribution in [3.8, 4) is 22.9 Å². The quantitative estimate of drug-likeness (QED) is 0.665. The van der Waals surface area contributed by atoms with Crippen molar-refractivity contribution in [1.82, 2.24) is 15.2 Å². The fourth-order valence-electron chi connectivity index (χ4n) is 2.93. The number of carbonyl (C=O) groups is 2. The molecule has 2 heterocycles. The highest BCUT2D eigenvalue weighted by Crippen LogP contribution is 2.30. The van der Waals surface area contributed by atoms with E-state index in [1.807, 2.05) is 18.2 Å². The van der Waals surface area contributed by atoms with Gasteiger partial charge in [0.05, 0.1) is 5.75 Å². The fraction of sp³-hybridized carbons (Fsp3) is 0.222. The summed E-state index contributed by atoms with van der Waals surface area (Å²) in [5.74, 6) is 0.951. The van der Waals surface area contributed by atoms with E-state index in [-0.39, 0.29) is 11.5 Å². The Labute approximate surface area is 152 Å². The minimum atomic E-state index is -0.921. The molecule has 0 bridgehead atoms. The first-order valence-electron chi connectivity index (χ1n) is 8.09. The van der Waals surface area contributed by atoms with Gasteiger partial charge in [0, 0.05) is 18.4 Å². The van der Waals surface area contributed by atoms with Crippen molar-refractivity contribution in [1.29, 1.82) is 0 Å². The molecule has 0 unspecified atom stereocenters. The molecule has 0 amide bonds. The Morgan fingerprint density at radius 3 is 2.88 bits per heavy atom. The number of carboxylic acid groups (broad SMARTS) is 1. The van der Waals surface area contributed by atoms with Crippen molar-refractivity contribution < 1.29 is 19.1 Å². The maximum absolute atomic E-state index is 11.6. The van der Waals surface area contributed by atoms with E-state index < -0.39 is 5.97 Å². The number of aryl methyl sites for hydroxylation is 1. The number of fused-ring (bicyclic) bond motifs is 1. The van der Waals surface area contributed by atoms with Gasteiger partial charge in [-0.05, 0) is 35.7 Å². The minimum Gasteiger partial charge on any atom is -0.481 e. The van der Waals surface area contributed by atoms with E-state index in [1.54, 1.807) is 6.07 Å². The molecule has 1 aliphatic rings. The molecule has 26 heavy (non-hydrogen) atoms. The number of thioether (sulfide) groups is 1. The first kappa shape index (κ1) is 16.6. The number of hydrogen-bond acceptors (Lipinski definition) is 6. The molecule has 0 aliphatic heterocycles. The number of aromatic amines is 1. The van der Waals surface area contributed by atoms with E-state index in [0.717, 1.165) is 29.3 Å². The lowest BCUT2D eigenvalue weighted by molar-refractivity contribution is -0.133. The molecule has 2 aromatic heterocycles. The molecular weight excluding hydrogens is 354 g/mol. The Kier molecular flexibility index (Phi) is 4.34. The SMILES string of the molecule is O=C(O)CSc1n[nH]c(-c2ccc(-c3ccc4c(c3)CCC(=O)C4)o2)n1. The van der Waals surface area contributed by atoms with Gasteiger partial charge in [0.25, 0.3) is 0 Å². The maximum Gasteiger partial charge on any atom is 0.313 e. The highest BCUT2D eigenvalue weighted by Gasteiger charge is 2.17. The van der Waals surface area contributed by atoms with Crippen LogP contribution in [0.25, 0.3) is 22.9 Å². The van der Waals surface area contributed by atoms with Gasteiger partial charge in [-0.25, -0.2) is 0 Å². The lowest BCUT2D eigenvalue weighted by atomic mass is 9.89. The van der Waals surface area contributed by atoms with E-state index in [9.17, 15) is 9.59 Å². The number of aromatic nitrogens is 3. The van der Waals surface area contributed by atoms with Crippen LogP contribution in [0.1, 0.15) is 17.5 Å². The molecule has 8 heteroatoms. The van der Waals surface area contributed by atoms with Gasteiger partial charge in [0.15, 0.2) is 11.6 Å². The minimum absolute atomic E-state index is 0.0989. The Morgan fingerprint density at radius 1 is 1.19 bits per heavy atom. The van der Waals surface area contributed by atoms with E-state index >= 15 is 0 Å². The van der Waals surface area contributed by atoms with Crippen LogP contribution in [-0.4, -0.2) is 37.8 Å². The van der Waals surface area contributed by atoms with Crippen molar-refractivity contribution in [3.63, 3.8) is 0 Å². The summed E-state index contributed by atoms with van der Waals surface area (Å²) in [5, 5.41) is 15.8. The van der Waals surface area contributed by atoms with Gasteiger partial charge in [0.1, 0.15) is 11.5 Å². The number of rotatable bonds is 5. The van der Waals surface area contributed by atoms with Crippen molar-refractivity contribution >= 4 is 23.5 Å². The van der Waals surface area contributed by atoms with Crippen molar-refractivity contribution in [2.75, 3.05) is 5.75 Å². The molecule has 4 rings (SSSR count). The summed E-state index contributed by atoms with van der Waals surface area (Å²) < 4.78 is 5.88. The lowest BCUT2D eigenvalue weighted by Gasteiger charge is -2.15. The van der Waals surface area contributed by atoms with Crippen LogP contribution >= 0.6 is 11.8 Å². The molecule has 0 atom stereocenters. The van der Waals surface area contributed by atoms with Crippen LogP contribution in [0.5, 0.6) is 0 Å². The summed E-state index contributed by atoms with van der Waals surface area (Å²) in [6.07, 6.45) is 1.87. The molecule has 0 saturated carbocycles. The van der Waals surface area contributed by atoms with E-state index in [2.05, 4.69) is 21.2 Å². The van der Waals surface area contributed by atoms with Crippen LogP contribution in [0.2, 0.25) is 0 Å². The first-order chi connectivity index (χ1) is 12.6. The summed E-state index contributed by atoms with van der Waals surface area (Å²) in [4.78, 5) is 26.4. The maximum atomic E-state index is 11.6. The smallest absolute Gasteiger partial charge is 0.313 e. The molecule has 0 fully saturated rings. The fourth-order valence-corrected chi connectivity index (χ4v) is 3.45. The predicted molar refractivity (Wildman–Crippen MR) is 94.9 cm³/mol. The summed E-state index contributed by atoms with van der Waals surface area (Å²) in [6.45, 7) is 0. The normalized spacial score (nSPS) is 13.6. The number of nitrogens with zero attached hydrogens (tertiary/aromatic N) is 2. The van der Waals surface area contributed by atoms with E-state index in [1.165, 1.54) is 5.56 Å². The Bertz CT molecular complexity index is 992. The number of hydrogen-bond donors (Lipinski definition) is 2. The second kappa shape index (κ2) is 6.80. The highest BCUT2D eigenvalue weighted by atomic mass is 32.2. The zero-order valence-electron chi connectivity index (χ0n) is 13.7. The molecule has 0 spiro atoms. The number of aliphatic carboxylic acids is 1. The van der Waals surface area contributed by atoms with Crippen LogP contribution in [0.3, 0.4) is 0 Å². The van der Waals surface area contributed by atoms with Crippen LogP contribution in [0, 0.1) is 0 Å². The number of carboxylic acids is 1. The number of carbonyl (C=O) groups excluding carboxylic acids is 1. The lowest BCUT2D eigenvalue weighted by Crippen LogP contribution is -2.12. The highest BCUT2D eigenvalue weighted by molar-refractivity contribution is 7.99. The third-order valence-electron chi connectivity index (χ3n) is 4.18. The van der Waals surface area contributed by atoms with Gasteiger partial charge in [-0.1, -0.05) is 23.9 Å². The molecule has 2 N–H and O–H groups in total. The van der Waals surface area contributed by atoms with Gasteiger partial charge < -0.3 is 9.52 Å². The van der Waals surface area contributed by atoms with E-state index in [4.69, 9.17) is 9.52 Å². The molecular formula is C18H15N3O4S. The van der Waals surface area contributed by atoms with Gasteiger partial charge in [0.2, 0.25) is 5.16 Å². The van der Waals surface area contributed by atoms with E-state index in [0.29, 0.717) is 35.3 Å².